The Balaban J connectivity index is 1.58. The third-order valence-corrected chi connectivity index (χ3v) is 5.88. The number of carbonyl (C=O) groups is 2. The van der Waals surface area contributed by atoms with Gasteiger partial charge in [-0.05, 0) is 31.9 Å². The fourth-order valence-electron chi connectivity index (χ4n) is 4.00. The fourth-order valence-corrected chi connectivity index (χ4v) is 4.21. The molecule has 1 aromatic carbocycles. The molecule has 26 heavy (non-hydrogen) atoms. The highest BCUT2D eigenvalue weighted by Crippen LogP contribution is 2.41. The van der Waals surface area contributed by atoms with Crippen LogP contribution in [0.15, 0.2) is 30.3 Å². The predicted molar refractivity (Wildman–Crippen MR) is 99.6 cm³/mol. The Labute approximate surface area is 157 Å². The average molecular weight is 373 g/mol. The summed E-state index contributed by atoms with van der Waals surface area (Å²) in [5.74, 6) is 0.884. The predicted octanol–water partition coefficient (Wildman–Crippen LogP) is 2.84. The van der Waals surface area contributed by atoms with E-state index in [9.17, 15) is 9.59 Å². The van der Waals surface area contributed by atoms with Crippen molar-refractivity contribution in [1.82, 2.24) is 14.7 Å². The molecule has 0 bridgehead atoms. The summed E-state index contributed by atoms with van der Waals surface area (Å²) in [4.78, 5) is 28.8. The van der Waals surface area contributed by atoms with Gasteiger partial charge in [0.25, 0.3) is 5.91 Å². The molecule has 0 saturated carbocycles. The average Bonchev–Trinajstić information content (AvgIpc) is 3.03. The number of fused-ring (bicyclic) bond motifs is 2. The number of piperidine rings is 1. The van der Waals surface area contributed by atoms with Crippen LogP contribution < -0.4 is 4.90 Å². The quantitative estimate of drug-likeness (QED) is 0.773. The lowest BCUT2D eigenvalue weighted by molar-refractivity contribution is -0.122. The molecule has 0 N–H and O–H groups in total. The number of aryl methyl sites for hydroxylation is 1. The summed E-state index contributed by atoms with van der Waals surface area (Å²) >= 11 is 6.17. The molecule has 2 aliphatic rings. The van der Waals surface area contributed by atoms with Crippen molar-refractivity contribution in [3.8, 4) is 0 Å². The summed E-state index contributed by atoms with van der Waals surface area (Å²) in [6.07, 6.45) is 1.83. The fraction of sp³-hybridized carbons (Fsp3) is 0.421. The molecule has 7 heteroatoms. The highest BCUT2D eigenvalue weighted by atomic mass is 35.5. The van der Waals surface area contributed by atoms with E-state index in [1.54, 1.807) is 24.1 Å². The number of likely N-dealkylation sites (tertiary alicyclic amines) is 1. The van der Waals surface area contributed by atoms with Crippen LogP contribution in [0.4, 0.5) is 5.82 Å². The molecule has 0 unspecified atom stereocenters. The van der Waals surface area contributed by atoms with Crippen LogP contribution in [0.25, 0.3) is 0 Å². The molecule has 136 valence electrons. The molecule has 1 aromatic heterocycles. The van der Waals surface area contributed by atoms with Gasteiger partial charge < -0.3 is 9.80 Å². The molecule has 6 nitrogen and oxygen atoms in total. The van der Waals surface area contributed by atoms with Crippen LogP contribution in [0.3, 0.4) is 0 Å². The largest absolute Gasteiger partial charge is 0.338 e. The Bertz CT molecular complexity index is 883. The third kappa shape index (κ3) is 2.60. The lowest BCUT2D eigenvalue weighted by Crippen LogP contribution is -2.54. The number of rotatable bonds is 1. The van der Waals surface area contributed by atoms with E-state index in [0.717, 1.165) is 11.5 Å². The van der Waals surface area contributed by atoms with Crippen molar-refractivity contribution in [2.45, 2.75) is 31.7 Å². The molecule has 0 aliphatic carbocycles. The highest BCUT2D eigenvalue weighted by Gasteiger charge is 2.45. The van der Waals surface area contributed by atoms with Crippen molar-refractivity contribution in [2.75, 3.05) is 25.0 Å². The van der Waals surface area contributed by atoms with E-state index in [2.05, 4.69) is 5.10 Å². The van der Waals surface area contributed by atoms with Gasteiger partial charge in [0.15, 0.2) is 0 Å². The maximum atomic E-state index is 12.8. The van der Waals surface area contributed by atoms with Crippen molar-refractivity contribution >= 4 is 29.2 Å². The van der Waals surface area contributed by atoms with E-state index in [1.165, 1.54) is 0 Å². The smallest absolute Gasteiger partial charge is 0.255 e. The van der Waals surface area contributed by atoms with Crippen molar-refractivity contribution in [3.63, 3.8) is 0 Å². The summed E-state index contributed by atoms with van der Waals surface area (Å²) in [5.41, 5.74) is 1.08. The first kappa shape index (κ1) is 17.1. The lowest BCUT2D eigenvalue weighted by atomic mass is 9.82. The van der Waals surface area contributed by atoms with Crippen molar-refractivity contribution in [1.29, 1.82) is 0 Å². The number of hydrogen-bond donors (Lipinski definition) is 0. The van der Waals surface area contributed by atoms with Gasteiger partial charge in [0, 0.05) is 26.2 Å². The van der Waals surface area contributed by atoms with Gasteiger partial charge in [0.1, 0.15) is 5.82 Å². The van der Waals surface area contributed by atoms with Crippen molar-refractivity contribution in [2.24, 2.45) is 0 Å². The molecule has 1 spiro atoms. The van der Waals surface area contributed by atoms with Crippen LogP contribution in [-0.2, 0) is 10.3 Å². The Kier molecular flexibility index (Phi) is 4.03. The molecule has 2 amide bonds. The van der Waals surface area contributed by atoms with E-state index >= 15 is 0 Å². The maximum Gasteiger partial charge on any atom is 0.255 e. The van der Waals surface area contributed by atoms with E-state index < -0.39 is 0 Å². The normalized spacial score (nSPS) is 19.0. The third-order valence-electron chi connectivity index (χ3n) is 5.55. The summed E-state index contributed by atoms with van der Waals surface area (Å²) in [6, 6.07) is 9.06. The summed E-state index contributed by atoms with van der Waals surface area (Å²) in [7, 11) is 1.79. The van der Waals surface area contributed by atoms with Gasteiger partial charge in [-0.2, -0.15) is 5.10 Å². The zero-order valence-electron chi connectivity index (χ0n) is 14.9. The zero-order valence-corrected chi connectivity index (χ0v) is 15.7. The van der Waals surface area contributed by atoms with Crippen LogP contribution in [0.1, 0.15) is 35.3 Å². The number of hydrogen-bond acceptors (Lipinski definition) is 3. The molecule has 1 fully saturated rings. The number of carbonyl (C=O) groups excluding carboxylic acids is 2. The first-order valence-electron chi connectivity index (χ1n) is 8.79. The Morgan fingerprint density at radius 3 is 2.62 bits per heavy atom. The van der Waals surface area contributed by atoms with Crippen LogP contribution in [0.5, 0.6) is 0 Å². The maximum absolute atomic E-state index is 12.8. The Hall–Kier alpha value is -2.34. The number of halogens is 1. The number of benzene rings is 1. The molecule has 0 atom stereocenters. The number of anilines is 1. The highest BCUT2D eigenvalue weighted by molar-refractivity contribution is 6.33. The minimum absolute atomic E-state index is 0.0541. The summed E-state index contributed by atoms with van der Waals surface area (Å²) in [5, 5.41) is 5.12. The van der Waals surface area contributed by atoms with Gasteiger partial charge >= 0.3 is 0 Å². The van der Waals surface area contributed by atoms with Crippen molar-refractivity contribution in [3.05, 3.63) is 46.6 Å². The van der Waals surface area contributed by atoms with Gasteiger partial charge in [-0.15, -0.1) is 0 Å². The van der Waals surface area contributed by atoms with Gasteiger partial charge in [-0.3, -0.25) is 9.59 Å². The standard InChI is InChI=1S/C19H21ClN4O2/c1-13-11-16-22(2)17(25)12-19(24(16)21-13)7-9-23(10-8-19)18(26)14-5-3-4-6-15(14)20/h3-6,11H,7-10,12H2,1-2H3. The van der Waals surface area contributed by atoms with E-state index in [4.69, 9.17) is 11.6 Å². The molecule has 2 aromatic rings. The number of nitrogens with zero attached hydrogens (tertiary/aromatic N) is 4. The van der Waals surface area contributed by atoms with E-state index in [1.807, 2.05) is 34.7 Å². The topological polar surface area (TPSA) is 58.4 Å². The van der Waals surface area contributed by atoms with Crippen LogP contribution in [-0.4, -0.2) is 46.6 Å². The Morgan fingerprint density at radius 2 is 1.92 bits per heavy atom. The second kappa shape index (κ2) is 6.13. The molecule has 3 heterocycles. The van der Waals surface area contributed by atoms with Gasteiger partial charge in [0.05, 0.1) is 28.2 Å². The SMILES string of the molecule is Cc1cc2n(n1)C1(CCN(C(=O)c3ccccc3Cl)CC1)CC(=O)N2C. The van der Waals surface area contributed by atoms with Gasteiger partial charge in [-0.25, -0.2) is 4.68 Å². The van der Waals surface area contributed by atoms with E-state index in [0.29, 0.717) is 42.9 Å². The second-order valence-electron chi connectivity index (χ2n) is 7.18. The monoisotopic (exact) mass is 372 g/mol. The Morgan fingerprint density at radius 1 is 1.23 bits per heavy atom. The van der Waals surface area contributed by atoms with Gasteiger partial charge in [0.2, 0.25) is 5.91 Å². The molecular formula is C19H21ClN4O2. The van der Waals surface area contributed by atoms with Crippen LogP contribution in [0.2, 0.25) is 5.02 Å². The second-order valence-corrected chi connectivity index (χ2v) is 7.59. The molecule has 1 saturated heterocycles. The van der Waals surface area contributed by atoms with Gasteiger partial charge in [-0.1, -0.05) is 23.7 Å². The van der Waals surface area contributed by atoms with E-state index in [-0.39, 0.29) is 17.4 Å². The first-order valence-corrected chi connectivity index (χ1v) is 9.17. The number of aromatic nitrogens is 2. The molecule has 2 aliphatic heterocycles. The number of amides is 2. The first-order chi connectivity index (χ1) is 12.4. The summed E-state index contributed by atoms with van der Waals surface area (Å²) in [6.45, 7) is 3.10. The summed E-state index contributed by atoms with van der Waals surface area (Å²) < 4.78 is 2.00. The molecular weight excluding hydrogens is 352 g/mol. The van der Waals surface area contributed by atoms with Crippen LogP contribution in [0, 0.1) is 6.92 Å². The minimum atomic E-state index is -0.343. The zero-order chi connectivity index (χ0) is 18.5. The molecule has 4 rings (SSSR count). The molecule has 0 radical (unpaired) electrons. The van der Waals surface area contributed by atoms with Crippen molar-refractivity contribution < 1.29 is 9.59 Å². The lowest BCUT2D eigenvalue weighted by Gasteiger charge is -2.46. The van der Waals surface area contributed by atoms with Crippen LogP contribution >= 0.6 is 11.6 Å². The minimum Gasteiger partial charge on any atom is -0.338 e.